The van der Waals surface area contributed by atoms with Gasteiger partial charge in [0.05, 0.1) is 6.42 Å². The minimum Gasteiger partial charge on any atom is -0.310 e. The van der Waals surface area contributed by atoms with Crippen molar-refractivity contribution in [3.63, 3.8) is 0 Å². The molecule has 0 amide bonds. The lowest BCUT2D eigenvalue weighted by atomic mass is 9.85. The van der Waals surface area contributed by atoms with E-state index in [-0.39, 0.29) is 6.54 Å². The molecule has 0 aromatic carbocycles. The SMILES string of the molecule is CN(CCC(F)(F)F)CC1CC2CCCCC2N1. The van der Waals surface area contributed by atoms with Crippen LogP contribution in [-0.2, 0) is 0 Å². The molecule has 0 aromatic heterocycles. The molecule has 2 rings (SSSR count). The molecule has 2 nitrogen and oxygen atoms in total. The van der Waals surface area contributed by atoms with Crippen molar-refractivity contribution in [3.05, 3.63) is 0 Å². The summed E-state index contributed by atoms with van der Waals surface area (Å²) in [4.78, 5) is 1.81. The maximum Gasteiger partial charge on any atom is 0.390 e. The van der Waals surface area contributed by atoms with Gasteiger partial charge in [0.25, 0.3) is 0 Å². The minimum absolute atomic E-state index is 0.108. The molecule has 1 N–H and O–H groups in total. The molecular weight excluding hydrogens is 241 g/mol. The van der Waals surface area contributed by atoms with E-state index in [1.165, 1.54) is 25.7 Å². The molecule has 0 bridgehead atoms. The average Bonchev–Trinajstić information content (AvgIpc) is 2.67. The molecule has 2 aliphatic rings. The van der Waals surface area contributed by atoms with Crippen LogP contribution < -0.4 is 5.32 Å². The zero-order valence-electron chi connectivity index (χ0n) is 11.0. The van der Waals surface area contributed by atoms with Gasteiger partial charge in [0.2, 0.25) is 0 Å². The van der Waals surface area contributed by atoms with Gasteiger partial charge < -0.3 is 10.2 Å². The van der Waals surface area contributed by atoms with Crippen molar-refractivity contribution in [2.45, 2.75) is 56.8 Å². The van der Waals surface area contributed by atoms with E-state index in [4.69, 9.17) is 0 Å². The molecule has 1 saturated carbocycles. The van der Waals surface area contributed by atoms with E-state index >= 15 is 0 Å². The third-order valence-electron chi connectivity index (χ3n) is 4.26. The van der Waals surface area contributed by atoms with Crippen LogP contribution in [0, 0.1) is 5.92 Å². The summed E-state index contributed by atoms with van der Waals surface area (Å²) in [5.41, 5.74) is 0. The summed E-state index contributed by atoms with van der Waals surface area (Å²) in [6.45, 7) is 0.847. The third-order valence-corrected chi connectivity index (χ3v) is 4.26. The quantitative estimate of drug-likeness (QED) is 0.840. The summed E-state index contributed by atoms with van der Waals surface area (Å²) in [6, 6.07) is 1.01. The van der Waals surface area contributed by atoms with Crippen molar-refractivity contribution in [2.24, 2.45) is 5.92 Å². The van der Waals surface area contributed by atoms with Crippen LogP contribution in [0.5, 0.6) is 0 Å². The molecule has 5 heteroatoms. The van der Waals surface area contributed by atoms with Gasteiger partial charge in [-0.1, -0.05) is 12.8 Å². The Morgan fingerprint density at radius 2 is 1.94 bits per heavy atom. The Labute approximate surface area is 107 Å². The van der Waals surface area contributed by atoms with Gasteiger partial charge in [-0.25, -0.2) is 0 Å². The Morgan fingerprint density at radius 3 is 2.61 bits per heavy atom. The normalized spacial score (nSPS) is 32.8. The van der Waals surface area contributed by atoms with Gasteiger partial charge in [0, 0.05) is 25.2 Å². The molecule has 2 fully saturated rings. The van der Waals surface area contributed by atoms with Gasteiger partial charge in [0.15, 0.2) is 0 Å². The summed E-state index contributed by atoms with van der Waals surface area (Å²) >= 11 is 0. The Morgan fingerprint density at radius 1 is 1.22 bits per heavy atom. The average molecular weight is 264 g/mol. The highest BCUT2D eigenvalue weighted by Crippen LogP contribution is 2.33. The van der Waals surface area contributed by atoms with Crippen LogP contribution in [0.1, 0.15) is 38.5 Å². The second-order valence-corrected chi connectivity index (χ2v) is 5.88. The Kier molecular flexibility index (Phi) is 4.54. The van der Waals surface area contributed by atoms with Crippen LogP contribution in [0.15, 0.2) is 0 Å². The Hall–Kier alpha value is -0.290. The first-order chi connectivity index (χ1) is 8.44. The molecule has 0 aromatic rings. The highest BCUT2D eigenvalue weighted by molar-refractivity contribution is 4.93. The predicted octanol–water partition coefficient (Wildman–Crippen LogP) is 2.79. The van der Waals surface area contributed by atoms with E-state index in [1.807, 2.05) is 4.90 Å². The maximum atomic E-state index is 12.1. The second-order valence-electron chi connectivity index (χ2n) is 5.88. The van der Waals surface area contributed by atoms with Gasteiger partial charge >= 0.3 is 6.18 Å². The molecule has 3 atom stereocenters. The van der Waals surface area contributed by atoms with E-state index in [1.54, 1.807) is 7.05 Å². The monoisotopic (exact) mass is 264 g/mol. The van der Waals surface area contributed by atoms with Crippen LogP contribution in [-0.4, -0.2) is 43.3 Å². The standard InChI is InChI=1S/C13H23F3N2/c1-18(7-6-13(14,15)16)9-11-8-10-4-2-3-5-12(10)17-11/h10-12,17H,2-9H2,1H3. The molecule has 1 saturated heterocycles. The van der Waals surface area contributed by atoms with Crippen molar-refractivity contribution in [3.8, 4) is 0 Å². The van der Waals surface area contributed by atoms with Gasteiger partial charge in [-0.05, 0) is 32.2 Å². The van der Waals surface area contributed by atoms with Crippen LogP contribution in [0.2, 0.25) is 0 Å². The fourth-order valence-corrected chi connectivity index (χ4v) is 3.36. The zero-order valence-corrected chi connectivity index (χ0v) is 11.0. The smallest absolute Gasteiger partial charge is 0.310 e. The van der Waals surface area contributed by atoms with Crippen LogP contribution in [0.4, 0.5) is 13.2 Å². The molecular formula is C13H23F3N2. The first-order valence-corrected chi connectivity index (χ1v) is 6.95. The number of hydrogen-bond acceptors (Lipinski definition) is 2. The van der Waals surface area contributed by atoms with Gasteiger partial charge in [-0.15, -0.1) is 0 Å². The number of hydrogen-bond donors (Lipinski definition) is 1. The number of likely N-dealkylation sites (N-methyl/N-ethyl adjacent to an activating group) is 1. The van der Waals surface area contributed by atoms with E-state index in [2.05, 4.69) is 5.32 Å². The molecule has 0 radical (unpaired) electrons. The van der Waals surface area contributed by atoms with Crippen molar-refractivity contribution in [1.82, 2.24) is 10.2 Å². The van der Waals surface area contributed by atoms with Crippen LogP contribution in [0.3, 0.4) is 0 Å². The van der Waals surface area contributed by atoms with E-state index in [0.29, 0.717) is 12.1 Å². The van der Waals surface area contributed by atoms with E-state index < -0.39 is 12.6 Å². The summed E-state index contributed by atoms with van der Waals surface area (Å²) in [5, 5.41) is 3.60. The molecule has 106 valence electrons. The topological polar surface area (TPSA) is 15.3 Å². The van der Waals surface area contributed by atoms with Gasteiger partial charge in [0.1, 0.15) is 0 Å². The van der Waals surface area contributed by atoms with Gasteiger partial charge in [-0.2, -0.15) is 13.2 Å². The van der Waals surface area contributed by atoms with E-state index in [0.717, 1.165) is 18.9 Å². The zero-order chi connectivity index (χ0) is 13.2. The lowest BCUT2D eigenvalue weighted by Crippen LogP contribution is -2.40. The number of nitrogens with zero attached hydrogens (tertiary/aromatic N) is 1. The number of nitrogens with one attached hydrogen (secondary N) is 1. The number of alkyl halides is 3. The summed E-state index contributed by atoms with van der Waals surface area (Å²) < 4.78 is 36.4. The highest BCUT2D eigenvalue weighted by atomic mass is 19.4. The number of halogens is 3. The first-order valence-electron chi connectivity index (χ1n) is 6.95. The molecule has 0 spiro atoms. The highest BCUT2D eigenvalue weighted by Gasteiger charge is 2.35. The Bertz CT molecular complexity index is 253. The van der Waals surface area contributed by atoms with Crippen LogP contribution in [0.25, 0.3) is 0 Å². The molecule has 3 unspecified atom stereocenters. The largest absolute Gasteiger partial charge is 0.390 e. The Balaban J connectivity index is 1.70. The molecule has 1 aliphatic heterocycles. The molecule has 1 aliphatic carbocycles. The number of rotatable bonds is 4. The summed E-state index contributed by atoms with van der Waals surface area (Å²) in [5.74, 6) is 0.764. The fourth-order valence-electron chi connectivity index (χ4n) is 3.36. The van der Waals surface area contributed by atoms with Crippen molar-refractivity contribution >= 4 is 0 Å². The van der Waals surface area contributed by atoms with Gasteiger partial charge in [-0.3, -0.25) is 0 Å². The minimum atomic E-state index is -4.04. The predicted molar refractivity (Wildman–Crippen MR) is 65.5 cm³/mol. The van der Waals surface area contributed by atoms with Crippen LogP contribution >= 0.6 is 0 Å². The maximum absolute atomic E-state index is 12.1. The lowest BCUT2D eigenvalue weighted by molar-refractivity contribution is -0.137. The number of fused-ring (bicyclic) bond motifs is 1. The molecule has 18 heavy (non-hydrogen) atoms. The first kappa shape index (κ1) is 14.1. The lowest BCUT2D eigenvalue weighted by Gasteiger charge is -2.24. The third kappa shape index (κ3) is 4.12. The van der Waals surface area contributed by atoms with Crippen molar-refractivity contribution in [2.75, 3.05) is 20.1 Å². The molecule has 1 heterocycles. The fraction of sp³-hybridized carbons (Fsp3) is 1.00. The van der Waals surface area contributed by atoms with Crippen molar-refractivity contribution in [1.29, 1.82) is 0 Å². The summed E-state index contributed by atoms with van der Waals surface area (Å²) in [7, 11) is 1.79. The van der Waals surface area contributed by atoms with Crippen molar-refractivity contribution < 1.29 is 13.2 Å². The summed E-state index contributed by atoms with van der Waals surface area (Å²) in [6.07, 6.45) is 1.55. The van der Waals surface area contributed by atoms with E-state index in [9.17, 15) is 13.2 Å². The second kappa shape index (κ2) is 5.78.